The summed E-state index contributed by atoms with van der Waals surface area (Å²) < 4.78 is 2.56. The highest BCUT2D eigenvalue weighted by atomic mass is 32.1. The van der Waals surface area contributed by atoms with Gasteiger partial charge in [-0.1, -0.05) is 24.3 Å². The maximum Gasteiger partial charge on any atom is 0.226 e. The summed E-state index contributed by atoms with van der Waals surface area (Å²) in [5.41, 5.74) is 2.74. The number of hydrogen-bond donors (Lipinski definition) is 1. The zero-order chi connectivity index (χ0) is 11.1. The van der Waals surface area contributed by atoms with Crippen molar-refractivity contribution in [1.29, 1.82) is 0 Å². The molecule has 5 heteroatoms. The topological polar surface area (TPSA) is 36.9 Å². The average molecular weight is 232 g/mol. The Hall–Kier alpha value is -1.62. The van der Waals surface area contributed by atoms with Crippen molar-refractivity contribution in [2.75, 3.05) is 4.90 Å². The number of anilines is 1. The smallest absolute Gasteiger partial charge is 0.226 e. The molecule has 0 aliphatic carbocycles. The molecule has 2 heterocycles. The summed E-state index contributed by atoms with van der Waals surface area (Å²) in [6.45, 7) is 1.81. The lowest BCUT2D eigenvalue weighted by atomic mass is 10.1. The largest absolute Gasteiger partial charge is 0.332 e. The first kappa shape index (κ1) is 9.59. The SMILES string of the molecule is Cn1c(N2Cc3ccccc3C2)n[nH]c1=S. The van der Waals surface area contributed by atoms with Crippen molar-refractivity contribution in [2.24, 2.45) is 7.05 Å². The van der Waals surface area contributed by atoms with Crippen LogP contribution in [0.3, 0.4) is 0 Å². The van der Waals surface area contributed by atoms with Gasteiger partial charge in [-0.05, 0) is 23.3 Å². The number of H-pyrrole nitrogens is 1. The van der Waals surface area contributed by atoms with Crippen LogP contribution >= 0.6 is 12.2 Å². The fourth-order valence-corrected chi connectivity index (χ4v) is 2.22. The van der Waals surface area contributed by atoms with Gasteiger partial charge in [-0.25, -0.2) is 5.10 Å². The predicted molar refractivity (Wildman–Crippen MR) is 64.7 cm³/mol. The van der Waals surface area contributed by atoms with Crippen LogP contribution in [0.2, 0.25) is 0 Å². The van der Waals surface area contributed by atoms with Crippen molar-refractivity contribution in [3.05, 3.63) is 40.2 Å². The Labute approximate surface area is 98.5 Å². The Morgan fingerprint density at radius 3 is 2.38 bits per heavy atom. The average Bonchev–Trinajstić information content (AvgIpc) is 2.84. The van der Waals surface area contributed by atoms with E-state index < -0.39 is 0 Å². The second kappa shape index (κ2) is 3.45. The Bertz CT molecular complexity index is 559. The monoisotopic (exact) mass is 232 g/mol. The first-order valence-corrected chi connectivity index (χ1v) is 5.59. The molecule has 0 saturated heterocycles. The minimum Gasteiger partial charge on any atom is -0.332 e. The van der Waals surface area contributed by atoms with Gasteiger partial charge >= 0.3 is 0 Å². The van der Waals surface area contributed by atoms with Crippen LogP contribution in [0.15, 0.2) is 24.3 Å². The van der Waals surface area contributed by atoms with Crippen LogP contribution in [0, 0.1) is 4.77 Å². The van der Waals surface area contributed by atoms with Gasteiger partial charge in [-0.2, -0.15) is 0 Å². The maximum atomic E-state index is 5.11. The predicted octanol–water partition coefficient (Wildman–Crippen LogP) is 2.00. The van der Waals surface area contributed by atoms with Crippen LogP contribution in [-0.4, -0.2) is 14.8 Å². The van der Waals surface area contributed by atoms with Crippen molar-refractivity contribution >= 4 is 18.2 Å². The molecule has 0 saturated carbocycles. The summed E-state index contributed by atoms with van der Waals surface area (Å²) in [4.78, 5) is 2.22. The molecule has 0 fully saturated rings. The van der Waals surface area contributed by atoms with Gasteiger partial charge in [0.2, 0.25) is 5.95 Å². The summed E-state index contributed by atoms with van der Waals surface area (Å²) in [7, 11) is 1.93. The van der Waals surface area contributed by atoms with E-state index in [2.05, 4.69) is 39.4 Å². The van der Waals surface area contributed by atoms with Gasteiger partial charge in [0.1, 0.15) is 0 Å². The summed E-state index contributed by atoms with van der Waals surface area (Å²) in [5, 5.41) is 7.07. The van der Waals surface area contributed by atoms with Gasteiger partial charge in [0.25, 0.3) is 0 Å². The molecule has 0 atom stereocenters. The Kier molecular flexibility index (Phi) is 2.07. The summed E-state index contributed by atoms with van der Waals surface area (Å²) >= 11 is 5.11. The zero-order valence-electron chi connectivity index (χ0n) is 8.97. The van der Waals surface area contributed by atoms with Gasteiger partial charge < -0.3 is 4.90 Å². The van der Waals surface area contributed by atoms with Crippen molar-refractivity contribution < 1.29 is 0 Å². The lowest BCUT2D eigenvalue weighted by molar-refractivity contribution is 0.774. The summed E-state index contributed by atoms with van der Waals surface area (Å²) in [6, 6.07) is 8.48. The molecule has 4 nitrogen and oxygen atoms in total. The molecule has 1 aliphatic rings. The number of aromatic nitrogens is 3. The molecule has 16 heavy (non-hydrogen) atoms. The fourth-order valence-electron chi connectivity index (χ4n) is 2.10. The van der Waals surface area contributed by atoms with E-state index in [1.165, 1.54) is 11.1 Å². The molecule has 3 rings (SSSR count). The summed E-state index contributed by atoms with van der Waals surface area (Å²) in [6.07, 6.45) is 0. The normalized spacial score (nSPS) is 14.2. The van der Waals surface area contributed by atoms with Crippen LogP contribution in [0.5, 0.6) is 0 Å². The molecule has 0 unspecified atom stereocenters. The minimum absolute atomic E-state index is 0.658. The van der Waals surface area contributed by atoms with Crippen LogP contribution in [0.4, 0.5) is 5.95 Å². The van der Waals surface area contributed by atoms with Gasteiger partial charge in [0.15, 0.2) is 4.77 Å². The van der Waals surface area contributed by atoms with Gasteiger partial charge in [-0.15, -0.1) is 5.10 Å². The third kappa shape index (κ3) is 1.36. The third-order valence-corrected chi connectivity index (χ3v) is 3.34. The van der Waals surface area contributed by atoms with Gasteiger partial charge in [0.05, 0.1) is 0 Å². The number of nitrogens with one attached hydrogen (secondary N) is 1. The van der Waals surface area contributed by atoms with Crippen molar-refractivity contribution in [2.45, 2.75) is 13.1 Å². The molecular weight excluding hydrogens is 220 g/mol. The molecule has 1 aliphatic heterocycles. The minimum atomic E-state index is 0.658. The van der Waals surface area contributed by atoms with Crippen LogP contribution in [0.25, 0.3) is 0 Å². The number of benzene rings is 1. The quantitative estimate of drug-likeness (QED) is 0.764. The fraction of sp³-hybridized carbons (Fsp3) is 0.273. The number of aromatic amines is 1. The number of fused-ring (bicyclic) bond motifs is 1. The second-order valence-corrected chi connectivity index (χ2v) is 4.40. The van der Waals surface area contributed by atoms with Crippen molar-refractivity contribution in [3.63, 3.8) is 0 Å². The molecule has 0 spiro atoms. The van der Waals surface area contributed by atoms with Crippen LogP contribution in [-0.2, 0) is 20.1 Å². The van der Waals surface area contributed by atoms with Gasteiger partial charge in [0, 0.05) is 20.1 Å². The van der Waals surface area contributed by atoms with Crippen molar-refractivity contribution in [1.82, 2.24) is 14.8 Å². The van der Waals surface area contributed by atoms with E-state index in [0.717, 1.165) is 19.0 Å². The molecule has 2 aromatic rings. The lowest BCUT2D eigenvalue weighted by Gasteiger charge is -2.15. The summed E-state index contributed by atoms with van der Waals surface area (Å²) in [5.74, 6) is 0.904. The van der Waals surface area contributed by atoms with E-state index in [1.54, 1.807) is 0 Å². The van der Waals surface area contributed by atoms with Crippen LogP contribution in [0.1, 0.15) is 11.1 Å². The Morgan fingerprint density at radius 2 is 1.88 bits per heavy atom. The molecule has 0 radical (unpaired) electrons. The maximum absolute atomic E-state index is 5.11. The van der Waals surface area contributed by atoms with E-state index in [-0.39, 0.29) is 0 Å². The van der Waals surface area contributed by atoms with E-state index in [0.29, 0.717) is 4.77 Å². The highest BCUT2D eigenvalue weighted by molar-refractivity contribution is 7.71. The van der Waals surface area contributed by atoms with Crippen molar-refractivity contribution in [3.8, 4) is 0 Å². The molecule has 0 amide bonds. The Balaban J connectivity index is 1.97. The highest BCUT2D eigenvalue weighted by Gasteiger charge is 2.21. The van der Waals surface area contributed by atoms with E-state index in [9.17, 15) is 0 Å². The molecule has 82 valence electrons. The number of nitrogens with zero attached hydrogens (tertiary/aromatic N) is 3. The molecular formula is C11H12N4S. The molecule has 1 aromatic carbocycles. The van der Waals surface area contributed by atoms with Crippen LogP contribution < -0.4 is 4.90 Å². The zero-order valence-corrected chi connectivity index (χ0v) is 9.79. The lowest BCUT2D eigenvalue weighted by Crippen LogP contribution is -2.18. The number of rotatable bonds is 1. The van der Waals surface area contributed by atoms with E-state index in [1.807, 2.05) is 11.6 Å². The van der Waals surface area contributed by atoms with E-state index in [4.69, 9.17) is 12.2 Å². The standard InChI is InChI=1S/C11H12N4S/c1-14-10(12-13-11(14)16)15-6-8-4-2-3-5-9(8)7-15/h2-5H,6-7H2,1H3,(H,13,16). The molecule has 1 aromatic heterocycles. The van der Waals surface area contributed by atoms with Gasteiger partial charge in [-0.3, -0.25) is 4.57 Å². The second-order valence-electron chi connectivity index (χ2n) is 4.01. The Morgan fingerprint density at radius 1 is 1.25 bits per heavy atom. The third-order valence-electron chi connectivity index (χ3n) is 2.98. The first-order valence-electron chi connectivity index (χ1n) is 5.19. The molecule has 1 N–H and O–H groups in total. The number of hydrogen-bond acceptors (Lipinski definition) is 3. The highest BCUT2D eigenvalue weighted by Crippen LogP contribution is 2.26. The molecule has 0 bridgehead atoms. The van der Waals surface area contributed by atoms with E-state index >= 15 is 0 Å². The first-order chi connectivity index (χ1) is 7.75.